The molecule has 3 aromatic heterocycles. The van der Waals surface area contributed by atoms with Gasteiger partial charge in [0.1, 0.15) is 5.69 Å². The van der Waals surface area contributed by atoms with E-state index in [2.05, 4.69) is 126 Å². The Morgan fingerprint density at radius 1 is 0.500 bits per heavy atom. The molecule has 0 radical (unpaired) electrons. The van der Waals surface area contributed by atoms with E-state index in [0.717, 1.165) is 50.8 Å². The van der Waals surface area contributed by atoms with Gasteiger partial charge in [-0.15, -0.1) is 0 Å². The van der Waals surface area contributed by atoms with Gasteiger partial charge in [0.2, 0.25) is 0 Å². The average molecular weight is 668 g/mol. The molecule has 4 saturated carbocycles. The van der Waals surface area contributed by atoms with Crippen LogP contribution in [0.4, 0.5) is 0 Å². The maximum Gasteiger partial charge on any atom is 0.182 e. The number of benzene rings is 5. The SMILES string of the molecule is c1ccc(-c2nc(-c3ccc4c(n3)C3(c5ccccc5-4)C4CC5CC6CC3C564)nc(-c3cccc4c3c3ccccc3n4-c3ccccc3)n2)cc1. The summed E-state index contributed by atoms with van der Waals surface area (Å²) in [6.45, 7) is 0. The standard InChI is InChI=1S/C47H33N5/c1-3-12-27(13-4-1)43-49-44(34-18-11-21-38-41(34)33-17-8-10-20-37(33)52(38)30-14-5-2-6-15-30)51-45(50-43)36-23-22-32-31-16-7-9-19-35(31)47(42(32)48-36)39-25-28-24-29-26-40(47)46(28,29)39/h1-23,28-29,39-40H,24-26H2. The molecular weight excluding hydrogens is 635 g/mol. The van der Waals surface area contributed by atoms with E-state index >= 15 is 0 Å². The fourth-order valence-electron chi connectivity index (χ4n) is 12.3. The zero-order valence-electron chi connectivity index (χ0n) is 28.4. The van der Waals surface area contributed by atoms with Crippen LogP contribution in [-0.4, -0.2) is 24.5 Å². The highest BCUT2D eigenvalue weighted by molar-refractivity contribution is 6.15. The molecule has 5 aromatic carbocycles. The third-order valence-electron chi connectivity index (χ3n) is 14.1. The van der Waals surface area contributed by atoms with Gasteiger partial charge in [0.15, 0.2) is 17.5 Å². The Balaban J connectivity index is 1.04. The van der Waals surface area contributed by atoms with E-state index in [1.807, 2.05) is 18.2 Å². The van der Waals surface area contributed by atoms with Crippen LogP contribution < -0.4 is 0 Å². The molecule has 5 heteroatoms. The maximum absolute atomic E-state index is 5.66. The number of fused-ring (bicyclic) bond motifs is 10. The number of para-hydroxylation sites is 2. The van der Waals surface area contributed by atoms with Gasteiger partial charge in [-0.25, -0.2) is 19.9 Å². The first kappa shape index (κ1) is 27.7. The van der Waals surface area contributed by atoms with Gasteiger partial charge >= 0.3 is 0 Å². The van der Waals surface area contributed by atoms with E-state index < -0.39 is 0 Å². The third-order valence-corrected chi connectivity index (χ3v) is 14.1. The van der Waals surface area contributed by atoms with Gasteiger partial charge in [0.25, 0.3) is 0 Å². The van der Waals surface area contributed by atoms with Crippen molar-refractivity contribution in [2.24, 2.45) is 29.1 Å². The van der Waals surface area contributed by atoms with Crippen LogP contribution in [0.3, 0.4) is 0 Å². The Hall–Kier alpha value is -5.94. The van der Waals surface area contributed by atoms with Crippen molar-refractivity contribution in [2.75, 3.05) is 0 Å². The van der Waals surface area contributed by atoms with Crippen LogP contribution in [0, 0.1) is 29.1 Å². The molecule has 13 rings (SSSR count). The fourth-order valence-corrected chi connectivity index (χ4v) is 12.3. The van der Waals surface area contributed by atoms with Crippen LogP contribution in [0.1, 0.15) is 30.5 Å². The molecule has 5 aliphatic carbocycles. The first-order valence-electron chi connectivity index (χ1n) is 18.8. The van der Waals surface area contributed by atoms with Crippen LogP contribution in [0.2, 0.25) is 0 Å². The summed E-state index contributed by atoms with van der Waals surface area (Å²) in [7, 11) is 0. The number of aromatic nitrogens is 5. The first-order valence-corrected chi connectivity index (χ1v) is 18.8. The monoisotopic (exact) mass is 667 g/mol. The average Bonchev–Trinajstić information content (AvgIpc) is 3.68. The minimum atomic E-state index is 0.0261. The molecule has 5 nitrogen and oxygen atoms in total. The molecule has 52 heavy (non-hydrogen) atoms. The van der Waals surface area contributed by atoms with Crippen molar-refractivity contribution in [3.8, 4) is 51.1 Å². The summed E-state index contributed by atoms with van der Waals surface area (Å²) in [4.78, 5) is 21.4. The van der Waals surface area contributed by atoms with Gasteiger partial charge in [0.05, 0.1) is 16.7 Å². The van der Waals surface area contributed by atoms with E-state index in [4.69, 9.17) is 19.9 Å². The molecule has 0 N–H and O–H groups in total. The summed E-state index contributed by atoms with van der Waals surface area (Å²) in [5, 5.41) is 2.30. The predicted octanol–water partition coefficient (Wildman–Crippen LogP) is 10.3. The van der Waals surface area contributed by atoms with E-state index in [-0.39, 0.29) is 5.41 Å². The topological polar surface area (TPSA) is 56.5 Å². The molecule has 8 aromatic rings. The summed E-state index contributed by atoms with van der Waals surface area (Å²) in [5.74, 6) is 5.25. The van der Waals surface area contributed by atoms with Gasteiger partial charge < -0.3 is 4.57 Å². The molecule has 4 unspecified atom stereocenters. The quantitative estimate of drug-likeness (QED) is 0.187. The van der Waals surface area contributed by atoms with Gasteiger partial charge in [-0.2, -0.15) is 0 Å². The lowest BCUT2D eigenvalue weighted by atomic mass is 9.11. The number of hydrogen-bond donors (Lipinski definition) is 0. The summed E-state index contributed by atoms with van der Waals surface area (Å²) in [5.41, 5.74) is 12.3. The molecule has 3 heterocycles. The maximum atomic E-state index is 5.66. The Bertz CT molecular complexity index is 2800. The van der Waals surface area contributed by atoms with Crippen molar-refractivity contribution in [2.45, 2.75) is 24.7 Å². The summed E-state index contributed by atoms with van der Waals surface area (Å²) in [6.07, 6.45) is 4.15. The van der Waals surface area contributed by atoms with Crippen LogP contribution in [0.5, 0.6) is 0 Å². The molecule has 4 atom stereocenters. The second kappa shape index (κ2) is 9.48. The van der Waals surface area contributed by atoms with Crippen molar-refractivity contribution < 1.29 is 0 Å². The number of nitrogens with zero attached hydrogens (tertiary/aromatic N) is 5. The summed E-state index contributed by atoms with van der Waals surface area (Å²) >= 11 is 0. The number of pyridine rings is 1. The molecule has 4 fully saturated rings. The lowest BCUT2D eigenvalue weighted by Gasteiger charge is -2.92. The minimum absolute atomic E-state index is 0.0261. The van der Waals surface area contributed by atoms with Crippen LogP contribution in [0.15, 0.2) is 140 Å². The fraction of sp³-hybridized carbons (Fsp3) is 0.191. The lowest BCUT2D eigenvalue weighted by molar-refractivity contribution is -0.412. The zero-order chi connectivity index (χ0) is 33.8. The predicted molar refractivity (Wildman–Crippen MR) is 205 cm³/mol. The van der Waals surface area contributed by atoms with Crippen LogP contribution >= 0.6 is 0 Å². The highest BCUT2D eigenvalue weighted by Gasteiger charge is 2.90. The molecule has 246 valence electrons. The molecular formula is C47H33N5. The lowest BCUT2D eigenvalue weighted by Crippen LogP contribution is -2.88. The van der Waals surface area contributed by atoms with Crippen molar-refractivity contribution >= 4 is 21.8 Å². The molecule has 0 saturated heterocycles. The minimum Gasteiger partial charge on any atom is -0.309 e. The highest BCUT2D eigenvalue weighted by Crippen LogP contribution is 2.94. The number of hydrogen-bond acceptors (Lipinski definition) is 4. The smallest absolute Gasteiger partial charge is 0.182 e. The Labute approximate surface area is 301 Å². The van der Waals surface area contributed by atoms with Crippen molar-refractivity contribution in [1.82, 2.24) is 24.5 Å². The Kier molecular flexibility index (Phi) is 5.06. The van der Waals surface area contributed by atoms with Crippen LogP contribution in [-0.2, 0) is 5.41 Å². The van der Waals surface area contributed by atoms with E-state index in [1.54, 1.807) is 0 Å². The molecule has 0 aliphatic heterocycles. The molecule has 5 aliphatic rings. The van der Waals surface area contributed by atoms with Gasteiger partial charge in [0, 0.05) is 38.6 Å². The largest absolute Gasteiger partial charge is 0.309 e. The van der Waals surface area contributed by atoms with Gasteiger partial charge in [-0.05, 0) is 89.8 Å². The van der Waals surface area contributed by atoms with Gasteiger partial charge in [-0.3, -0.25) is 0 Å². The second-order valence-corrected chi connectivity index (χ2v) is 15.8. The normalized spacial score (nSPS) is 26.8. The van der Waals surface area contributed by atoms with Crippen LogP contribution in [0.25, 0.3) is 72.9 Å². The highest BCUT2D eigenvalue weighted by atomic mass is 15.1. The first-order chi connectivity index (χ1) is 25.8. The molecule has 2 spiro atoms. The van der Waals surface area contributed by atoms with E-state index in [1.165, 1.54) is 47.0 Å². The van der Waals surface area contributed by atoms with Crippen molar-refractivity contribution in [3.05, 3.63) is 151 Å². The van der Waals surface area contributed by atoms with E-state index in [0.29, 0.717) is 34.7 Å². The summed E-state index contributed by atoms with van der Waals surface area (Å²) in [6, 6.07) is 49.6. The Morgan fingerprint density at radius 2 is 1.17 bits per heavy atom. The van der Waals surface area contributed by atoms with Crippen molar-refractivity contribution in [3.63, 3.8) is 0 Å². The Morgan fingerprint density at radius 3 is 2.00 bits per heavy atom. The zero-order valence-corrected chi connectivity index (χ0v) is 28.4. The number of rotatable bonds is 4. The van der Waals surface area contributed by atoms with Gasteiger partial charge in [-0.1, -0.05) is 109 Å². The summed E-state index contributed by atoms with van der Waals surface area (Å²) < 4.78 is 2.34. The third kappa shape index (κ3) is 3.07. The molecule has 0 bridgehead atoms. The van der Waals surface area contributed by atoms with Crippen molar-refractivity contribution in [1.29, 1.82) is 0 Å². The van der Waals surface area contributed by atoms with E-state index in [9.17, 15) is 0 Å². The molecule has 0 amide bonds. The second-order valence-electron chi connectivity index (χ2n) is 15.8.